The minimum Gasteiger partial charge on any atom is -0.258 e. The zero-order chi connectivity index (χ0) is 12.2. The molecule has 0 fully saturated rings. The lowest BCUT2D eigenvalue weighted by atomic mass is 10.3. The Morgan fingerprint density at radius 1 is 1.25 bits per heavy atom. The number of sulfone groups is 1. The highest BCUT2D eigenvalue weighted by Crippen LogP contribution is 2.17. The maximum atomic E-state index is 11.6. The summed E-state index contributed by atoms with van der Waals surface area (Å²) in [7, 11) is -3.37. The van der Waals surface area contributed by atoms with Gasteiger partial charge in [-0.05, 0) is 18.6 Å². The predicted octanol–water partition coefficient (Wildman–Crippen LogP) is 2.00. The van der Waals surface area contributed by atoms with Crippen molar-refractivity contribution in [2.75, 3.05) is 11.6 Å². The van der Waals surface area contributed by atoms with E-state index in [1.54, 1.807) is 0 Å². The summed E-state index contributed by atoms with van der Waals surface area (Å²) in [5, 5.41) is 10.4. The number of rotatable bonds is 5. The molecule has 0 aliphatic rings. The van der Waals surface area contributed by atoms with E-state index in [1.807, 2.05) is 0 Å². The van der Waals surface area contributed by atoms with Crippen LogP contribution >= 0.6 is 11.6 Å². The lowest BCUT2D eigenvalue weighted by Gasteiger charge is -2.02. The van der Waals surface area contributed by atoms with Crippen molar-refractivity contribution in [3.05, 3.63) is 34.4 Å². The van der Waals surface area contributed by atoms with E-state index in [0.717, 1.165) is 0 Å². The van der Waals surface area contributed by atoms with Gasteiger partial charge in [0.2, 0.25) is 0 Å². The van der Waals surface area contributed by atoms with Gasteiger partial charge in [-0.25, -0.2) is 8.42 Å². The quantitative estimate of drug-likeness (QED) is 0.462. The van der Waals surface area contributed by atoms with Gasteiger partial charge in [-0.3, -0.25) is 10.1 Å². The summed E-state index contributed by atoms with van der Waals surface area (Å²) >= 11 is 5.41. The molecule has 1 aromatic carbocycles. The second kappa shape index (κ2) is 5.27. The van der Waals surface area contributed by atoms with Crippen LogP contribution in [0.3, 0.4) is 0 Å². The van der Waals surface area contributed by atoms with Crippen LogP contribution in [0.5, 0.6) is 0 Å². The Labute approximate surface area is 98.1 Å². The zero-order valence-corrected chi connectivity index (χ0v) is 9.87. The standard InChI is InChI=1S/C9H10ClNO4S/c10-6-1-7-16(14,15)9-4-2-8(3-5-9)11(12)13/h2-5H,1,6-7H2. The van der Waals surface area contributed by atoms with E-state index in [9.17, 15) is 18.5 Å². The van der Waals surface area contributed by atoms with Crippen molar-refractivity contribution in [3.63, 3.8) is 0 Å². The van der Waals surface area contributed by atoms with Gasteiger partial charge in [-0.2, -0.15) is 0 Å². The molecule has 0 N–H and O–H groups in total. The Morgan fingerprint density at radius 3 is 2.25 bits per heavy atom. The molecule has 0 atom stereocenters. The Kier molecular flexibility index (Phi) is 4.26. The molecule has 7 heteroatoms. The lowest BCUT2D eigenvalue weighted by molar-refractivity contribution is -0.384. The van der Waals surface area contributed by atoms with Gasteiger partial charge in [-0.15, -0.1) is 11.6 Å². The monoisotopic (exact) mass is 263 g/mol. The first-order chi connectivity index (χ1) is 7.47. The number of nitrogens with zero attached hydrogens (tertiary/aromatic N) is 1. The molecule has 88 valence electrons. The molecule has 0 aliphatic heterocycles. The molecule has 16 heavy (non-hydrogen) atoms. The third kappa shape index (κ3) is 3.18. The van der Waals surface area contributed by atoms with Crippen LogP contribution in [0.1, 0.15) is 6.42 Å². The van der Waals surface area contributed by atoms with Crippen molar-refractivity contribution in [3.8, 4) is 0 Å². The largest absolute Gasteiger partial charge is 0.269 e. The third-order valence-corrected chi connectivity index (χ3v) is 4.04. The molecule has 5 nitrogen and oxygen atoms in total. The molecule has 0 unspecified atom stereocenters. The van der Waals surface area contributed by atoms with Gasteiger partial charge in [0.05, 0.1) is 15.6 Å². The first-order valence-electron chi connectivity index (χ1n) is 4.50. The van der Waals surface area contributed by atoms with E-state index in [4.69, 9.17) is 11.6 Å². The fourth-order valence-electron chi connectivity index (χ4n) is 1.14. The summed E-state index contributed by atoms with van der Waals surface area (Å²) < 4.78 is 23.3. The number of hydrogen-bond donors (Lipinski definition) is 0. The first kappa shape index (κ1) is 12.9. The summed E-state index contributed by atoms with van der Waals surface area (Å²) in [6.07, 6.45) is 0.362. The van der Waals surface area contributed by atoms with Gasteiger partial charge < -0.3 is 0 Å². The van der Waals surface area contributed by atoms with Crippen molar-refractivity contribution in [2.24, 2.45) is 0 Å². The van der Waals surface area contributed by atoms with E-state index in [0.29, 0.717) is 6.42 Å². The molecule has 0 heterocycles. The van der Waals surface area contributed by atoms with E-state index >= 15 is 0 Å². The topological polar surface area (TPSA) is 77.3 Å². The molecule has 0 aliphatic carbocycles. The number of halogens is 1. The van der Waals surface area contributed by atoms with Gasteiger partial charge in [0.15, 0.2) is 9.84 Å². The van der Waals surface area contributed by atoms with Crippen molar-refractivity contribution >= 4 is 27.1 Å². The fraction of sp³-hybridized carbons (Fsp3) is 0.333. The number of nitro groups is 1. The fourth-order valence-corrected chi connectivity index (χ4v) is 2.74. The molecular weight excluding hydrogens is 254 g/mol. The molecule has 0 bridgehead atoms. The number of benzene rings is 1. The van der Waals surface area contributed by atoms with Crippen LogP contribution in [0.25, 0.3) is 0 Å². The highest BCUT2D eigenvalue weighted by atomic mass is 35.5. The molecule has 1 rings (SSSR count). The van der Waals surface area contributed by atoms with E-state index in [2.05, 4.69) is 0 Å². The number of alkyl halides is 1. The molecule has 0 saturated carbocycles. The van der Waals surface area contributed by atoms with Gasteiger partial charge in [0, 0.05) is 18.0 Å². The maximum Gasteiger partial charge on any atom is 0.269 e. The molecule has 0 aromatic heterocycles. The van der Waals surface area contributed by atoms with Crippen LogP contribution in [0.2, 0.25) is 0 Å². The van der Waals surface area contributed by atoms with Crippen LogP contribution < -0.4 is 0 Å². The van der Waals surface area contributed by atoms with E-state index in [-0.39, 0.29) is 22.2 Å². The highest BCUT2D eigenvalue weighted by molar-refractivity contribution is 7.91. The summed E-state index contributed by atoms with van der Waals surface area (Å²) in [5.41, 5.74) is -0.128. The summed E-state index contributed by atoms with van der Waals surface area (Å²) in [5.74, 6) is 0.223. The van der Waals surface area contributed by atoms with Gasteiger partial charge in [-0.1, -0.05) is 0 Å². The van der Waals surface area contributed by atoms with Crippen LogP contribution in [-0.2, 0) is 9.84 Å². The second-order valence-electron chi connectivity index (χ2n) is 3.11. The second-order valence-corrected chi connectivity index (χ2v) is 5.60. The molecule has 1 aromatic rings. The first-order valence-corrected chi connectivity index (χ1v) is 6.69. The van der Waals surface area contributed by atoms with E-state index in [1.165, 1.54) is 24.3 Å². The van der Waals surface area contributed by atoms with Crippen LogP contribution in [0.15, 0.2) is 29.2 Å². The van der Waals surface area contributed by atoms with Crippen LogP contribution in [-0.4, -0.2) is 25.0 Å². The predicted molar refractivity (Wildman–Crippen MR) is 60.5 cm³/mol. The Balaban J connectivity index is 2.93. The molecule has 0 radical (unpaired) electrons. The average Bonchev–Trinajstić information content (AvgIpc) is 2.26. The average molecular weight is 264 g/mol. The summed E-state index contributed by atoms with van der Waals surface area (Å²) in [6.45, 7) is 0. The Hall–Kier alpha value is -1.14. The molecular formula is C9H10ClNO4S. The van der Waals surface area contributed by atoms with E-state index < -0.39 is 14.8 Å². The van der Waals surface area contributed by atoms with Crippen molar-refractivity contribution in [1.82, 2.24) is 0 Å². The van der Waals surface area contributed by atoms with Crippen molar-refractivity contribution < 1.29 is 13.3 Å². The van der Waals surface area contributed by atoms with Gasteiger partial charge in [0.25, 0.3) is 5.69 Å². The minimum absolute atomic E-state index is 0.0473. The van der Waals surface area contributed by atoms with Crippen LogP contribution in [0.4, 0.5) is 5.69 Å². The van der Waals surface area contributed by atoms with Gasteiger partial charge >= 0.3 is 0 Å². The molecule has 0 saturated heterocycles. The smallest absolute Gasteiger partial charge is 0.258 e. The SMILES string of the molecule is O=[N+]([O-])c1ccc(S(=O)(=O)CCCCl)cc1. The van der Waals surface area contributed by atoms with Gasteiger partial charge in [0.1, 0.15) is 0 Å². The number of nitro benzene ring substituents is 1. The number of non-ortho nitro benzene ring substituents is 1. The lowest BCUT2D eigenvalue weighted by Crippen LogP contribution is -2.07. The molecule has 0 amide bonds. The highest BCUT2D eigenvalue weighted by Gasteiger charge is 2.15. The maximum absolute atomic E-state index is 11.6. The third-order valence-electron chi connectivity index (χ3n) is 1.95. The zero-order valence-electron chi connectivity index (χ0n) is 8.30. The Morgan fingerprint density at radius 2 is 1.81 bits per heavy atom. The van der Waals surface area contributed by atoms with Crippen molar-refractivity contribution in [2.45, 2.75) is 11.3 Å². The van der Waals surface area contributed by atoms with Crippen molar-refractivity contribution in [1.29, 1.82) is 0 Å². The summed E-state index contributed by atoms with van der Waals surface area (Å²) in [6, 6.07) is 4.82. The van der Waals surface area contributed by atoms with Crippen LogP contribution in [0, 0.1) is 10.1 Å². The number of hydrogen-bond acceptors (Lipinski definition) is 4. The Bertz CT molecular complexity index is 469. The normalized spacial score (nSPS) is 11.3. The summed E-state index contributed by atoms with van der Waals surface area (Å²) in [4.78, 5) is 9.88. The molecule has 0 spiro atoms. The minimum atomic E-state index is -3.37.